The van der Waals surface area contributed by atoms with Gasteiger partial charge in [0, 0.05) is 6.54 Å². The molecule has 0 rings (SSSR count). The van der Waals surface area contributed by atoms with Crippen molar-refractivity contribution in [2.75, 3.05) is 25.5 Å². The number of amides is 1. The Labute approximate surface area is 93.0 Å². The van der Waals surface area contributed by atoms with Crippen molar-refractivity contribution in [3.8, 4) is 0 Å². The normalized spacial score (nSPS) is 13.2. The SMILES string of the molecule is O=C(NCCCS(=O)(=O)O)OCC(O)CO. The number of alkyl carbamates (subject to hydrolysis) is 1. The zero-order valence-electron chi connectivity index (χ0n) is 8.50. The predicted octanol–water partition coefficient (Wildman–Crippen LogP) is -1.66. The number of rotatable bonds is 7. The molecule has 1 amide bonds. The molecule has 0 fully saturated rings. The van der Waals surface area contributed by atoms with Crippen LogP contribution in [0.1, 0.15) is 6.42 Å². The van der Waals surface area contributed by atoms with Crippen LogP contribution in [0.15, 0.2) is 0 Å². The third kappa shape index (κ3) is 9.65. The van der Waals surface area contributed by atoms with E-state index >= 15 is 0 Å². The van der Waals surface area contributed by atoms with E-state index in [1.165, 1.54) is 0 Å². The summed E-state index contributed by atoms with van der Waals surface area (Å²) in [5.74, 6) is -0.452. The second kappa shape index (κ2) is 7.39. The van der Waals surface area contributed by atoms with Gasteiger partial charge < -0.3 is 20.3 Å². The molecule has 0 aromatic heterocycles. The molecule has 4 N–H and O–H groups in total. The van der Waals surface area contributed by atoms with Crippen LogP contribution in [0.3, 0.4) is 0 Å². The highest BCUT2D eigenvalue weighted by Crippen LogP contribution is 1.88. The molecule has 1 atom stereocenters. The van der Waals surface area contributed by atoms with Gasteiger partial charge in [0.25, 0.3) is 10.1 Å². The molecule has 0 saturated carbocycles. The molecule has 0 spiro atoms. The van der Waals surface area contributed by atoms with E-state index in [1.54, 1.807) is 0 Å². The Morgan fingerprint density at radius 1 is 1.44 bits per heavy atom. The summed E-state index contributed by atoms with van der Waals surface area (Å²) in [4.78, 5) is 10.8. The van der Waals surface area contributed by atoms with E-state index in [0.29, 0.717) is 0 Å². The van der Waals surface area contributed by atoms with E-state index in [1.807, 2.05) is 0 Å². The zero-order valence-corrected chi connectivity index (χ0v) is 9.31. The molecule has 8 nitrogen and oxygen atoms in total. The Bertz CT molecular complexity index is 302. The van der Waals surface area contributed by atoms with Gasteiger partial charge in [-0.3, -0.25) is 4.55 Å². The molecule has 0 aromatic rings. The molecule has 1 unspecified atom stereocenters. The molecule has 0 aliphatic carbocycles. The van der Waals surface area contributed by atoms with Crippen molar-refractivity contribution >= 4 is 16.2 Å². The maximum Gasteiger partial charge on any atom is 0.407 e. The van der Waals surface area contributed by atoms with Gasteiger partial charge in [0.15, 0.2) is 0 Å². The second-order valence-corrected chi connectivity index (χ2v) is 4.57. The van der Waals surface area contributed by atoms with E-state index in [-0.39, 0.29) is 19.6 Å². The summed E-state index contributed by atoms with van der Waals surface area (Å²) in [6, 6.07) is 0. The summed E-state index contributed by atoms with van der Waals surface area (Å²) < 4.78 is 33.4. The Balaban J connectivity index is 3.52. The average Bonchev–Trinajstić information content (AvgIpc) is 2.19. The summed E-state index contributed by atoms with van der Waals surface area (Å²) in [6.45, 7) is -0.843. The first-order valence-corrected chi connectivity index (χ1v) is 6.11. The summed E-state index contributed by atoms with van der Waals surface area (Å²) in [6.07, 6.45) is -1.91. The van der Waals surface area contributed by atoms with Crippen molar-refractivity contribution < 1.29 is 32.7 Å². The highest BCUT2D eigenvalue weighted by atomic mass is 32.2. The van der Waals surface area contributed by atoms with E-state index in [4.69, 9.17) is 14.8 Å². The quantitative estimate of drug-likeness (QED) is 0.317. The van der Waals surface area contributed by atoms with Gasteiger partial charge in [0.1, 0.15) is 12.7 Å². The number of ether oxygens (including phenoxy) is 1. The van der Waals surface area contributed by atoms with Crippen molar-refractivity contribution in [2.24, 2.45) is 0 Å². The Hall–Kier alpha value is -0.900. The minimum Gasteiger partial charge on any atom is -0.447 e. The molecule has 16 heavy (non-hydrogen) atoms. The van der Waals surface area contributed by atoms with Gasteiger partial charge in [-0.05, 0) is 6.42 Å². The molecule has 0 bridgehead atoms. The van der Waals surface area contributed by atoms with Crippen LogP contribution < -0.4 is 5.32 Å². The molecule has 0 aliphatic rings. The lowest BCUT2D eigenvalue weighted by atomic mass is 10.4. The molecule has 0 heterocycles. The van der Waals surface area contributed by atoms with Gasteiger partial charge in [0.2, 0.25) is 0 Å². The van der Waals surface area contributed by atoms with Gasteiger partial charge in [-0.2, -0.15) is 8.42 Å². The smallest absolute Gasteiger partial charge is 0.407 e. The van der Waals surface area contributed by atoms with Gasteiger partial charge in [0.05, 0.1) is 12.4 Å². The lowest BCUT2D eigenvalue weighted by Crippen LogP contribution is -2.30. The largest absolute Gasteiger partial charge is 0.447 e. The number of aliphatic hydroxyl groups is 2. The van der Waals surface area contributed by atoms with Crippen LogP contribution in [0.2, 0.25) is 0 Å². The van der Waals surface area contributed by atoms with Crippen LogP contribution in [-0.2, 0) is 14.9 Å². The number of aliphatic hydroxyl groups excluding tert-OH is 2. The fourth-order valence-corrected chi connectivity index (χ4v) is 1.23. The van der Waals surface area contributed by atoms with Gasteiger partial charge in [-0.1, -0.05) is 0 Å². The molecular weight excluding hydrogens is 242 g/mol. The average molecular weight is 257 g/mol. The maximum absolute atomic E-state index is 10.8. The number of hydrogen-bond donors (Lipinski definition) is 4. The van der Waals surface area contributed by atoms with Crippen molar-refractivity contribution in [1.82, 2.24) is 5.32 Å². The maximum atomic E-state index is 10.8. The molecule has 0 radical (unpaired) electrons. The minimum absolute atomic E-state index is 0.0217. The van der Waals surface area contributed by atoms with Crippen LogP contribution >= 0.6 is 0 Å². The summed E-state index contributed by atoms with van der Waals surface area (Å²) in [7, 11) is -4.02. The van der Waals surface area contributed by atoms with Gasteiger partial charge in [-0.25, -0.2) is 4.79 Å². The van der Waals surface area contributed by atoms with Crippen LogP contribution in [0.5, 0.6) is 0 Å². The number of carbonyl (C=O) groups is 1. The highest BCUT2D eigenvalue weighted by molar-refractivity contribution is 7.85. The third-order valence-electron chi connectivity index (χ3n) is 1.47. The number of carbonyl (C=O) groups excluding carboxylic acids is 1. The minimum atomic E-state index is -4.02. The first-order chi connectivity index (χ1) is 7.35. The lowest BCUT2D eigenvalue weighted by molar-refractivity contribution is 0.0322. The molecule has 0 aliphatic heterocycles. The van der Waals surface area contributed by atoms with Crippen molar-refractivity contribution in [1.29, 1.82) is 0 Å². The Morgan fingerprint density at radius 2 is 2.06 bits per heavy atom. The zero-order chi connectivity index (χ0) is 12.6. The highest BCUT2D eigenvalue weighted by Gasteiger charge is 2.08. The topological polar surface area (TPSA) is 133 Å². The fourth-order valence-electron chi connectivity index (χ4n) is 0.721. The number of nitrogens with one attached hydrogen (secondary N) is 1. The fraction of sp³-hybridized carbons (Fsp3) is 0.857. The van der Waals surface area contributed by atoms with Crippen molar-refractivity contribution in [3.63, 3.8) is 0 Å². The number of hydrogen-bond acceptors (Lipinski definition) is 6. The van der Waals surface area contributed by atoms with Gasteiger partial charge in [-0.15, -0.1) is 0 Å². The van der Waals surface area contributed by atoms with Crippen LogP contribution in [0.4, 0.5) is 4.79 Å². The van der Waals surface area contributed by atoms with Crippen LogP contribution in [0, 0.1) is 0 Å². The van der Waals surface area contributed by atoms with Crippen LogP contribution in [-0.4, -0.2) is 60.9 Å². The Morgan fingerprint density at radius 3 is 2.56 bits per heavy atom. The molecule has 9 heteroatoms. The Kier molecular flexibility index (Phi) is 6.97. The van der Waals surface area contributed by atoms with E-state index < -0.39 is 34.7 Å². The molecule has 0 aromatic carbocycles. The van der Waals surface area contributed by atoms with Gasteiger partial charge >= 0.3 is 6.09 Å². The van der Waals surface area contributed by atoms with Crippen molar-refractivity contribution in [3.05, 3.63) is 0 Å². The first-order valence-electron chi connectivity index (χ1n) is 4.50. The van der Waals surface area contributed by atoms with E-state index in [0.717, 1.165) is 0 Å². The monoisotopic (exact) mass is 257 g/mol. The summed E-state index contributed by atoms with van der Waals surface area (Å²) in [5, 5.41) is 19.4. The standard InChI is InChI=1S/C7H15NO7S/c9-4-6(10)5-15-7(11)8-2-1-3-16(12,13)14/h6,9-10H,1-5H2,(H,8,11)(H,12,13,14). The first kappa shape index (κ1) is 15.1. The third-order valence-corrected chi connectivity index (χ3v) is 2.27. The second-order valence-electron chi connectivity index (χ2n) is 3.00. The van der Waals surface area contributed by atoms with Crippen LogP contribution in [0.25, 0.3) is 0 Å². The van der Waals surface area contributed by atoms with E-state index in [2.05, 4.69) is 10.1 Å². The summed E-state index contributed by atoms with van der Waals surface area (Å²) >= 11 is 0. The molecule has 96 valence electrons. The summed E-state index contributed by atoms with van der Waals surface area (Å²) in [5.41, 5.74) is 0. The van der Waals surface area contributed by atoms with E-state index in [9.17, 15) is 13.2 Å². The molecule has 0 saturated heterocycles. The lowest BCUT2D eigenvalue weighted by Gasteiger charge is -2.09. The molecular formula is C7H15NO7S. The van der Waals surface area contributed by atoms with Crippen molar-refractivity contribution in [2.45, 2.75) is 12.5 Å². The predicted molar refractivity (Wildman–Crippen MR) is 53.5 cm³/mol.